The molecule has 1 aromatic heterocycles. The number of epoxide rings is 1. The molecule has 198 valence electrons. The third-order valence-electron chi connectivity index (χ3n) is 7.28. The average Bonchev–Trinajstić information content (AvgIpc) is 3.33. The van der Waals surface area contributed by atoms with Crippen molar-refractivity contribution < 1.29 is 29.3 Å². The van der Waals surface area contributed by atoms with E-state index in [1.54, 1.807) is 39.0 Å². The Morgan fingerprint density at radius 1 is 1.29 bits per heavy atom. The van der Waals surface area contributed by atoms with Crippen molar-refractivity contribution in [3.05, 3.63) is 21.7 Å². The number of thiazole rings is 1. The minimum Gasteiger partial charge on any atom is -0.458 e. The normalized spacial score (nSPS) is 22.7. The molecular weight excluding hydrogens is 466 g/mol. The fraction of sp³-hybridized carbons (Fsp3) is 0.741. The van der Waals surface area contributed by atoms with Gasteiger partial charge in [0.25, 0.3) is 0 Å². The summed E-state index contributed by atoms with van der Waals surface area (Å²) in [6.07, 6.45) is 2.38. The number of aliphatic hydroxyl groups is 2. The van der Waals surface area contributed by atoms with Crippen LogP contribution < -0.4 is 0 Å². The molecule has 1 aliphatic heterocycles. The summed E-state index contributed by atoms with van der Waals surface area (Å²) in [4.78, 5) is 30.1. The molecule has 0 bridgehead atoms. The maximum Gasteiger partial charge on any atom is 0.309 e. The van der Waals surface area contributed by atoms with Crippen LogP contribution in [0.2, 0.25) is 0 Å². The van der Waals surface area contributed by atoms with E-state index in [-0.39, 0.29) is 18.1 Å². The number of ether oxygens (including phenoxy) is 2. The highest BCUT2D eigenvalue weighted by atomic mass is 32.1. The van der Waals surface area contributed by atoms with Crippen molar-refractivity contribution in [1.29, 1.82) is 0 Å². The van der Waals surface area contributed by atoms with Crippen LogP contribution in [0.5, 0.6) is 0 Å². The van der Waals surface area contributed by atoms with Crippen molar-refractivity contribution >= 4 is 29.2 Å². The summed E-state index contributed by atoms with van der Waals surface area (Å²) in [5.74, 6) is -1.56. The van der Waals surface area contributed by atoms with Gasteiger partial charge in [-0.2, -0.15) is 0 Å². The van der Waals surface area contributed by atoms with Gasteiger partial charge in [0.2, 0.25) is 0 Å². The number of hydrogen-bond donors (Lipinski definition) is 2. The SMILES string of the molecule is CC(=Cc1csc(C)n1)[C@H](C)OC(=O)CC(O)C(C)(C)C(=O)[C@H](C)[C@@H](O)[C@@H](C)CCC[C@H]1O[C@H]1C. The molecule has 8 heteroatoms. The lowest BCUT2D eigenvalue weighted by atomic mass is 9.73. The zero-order valence-corrected chi connectivity index (χ0v) is 23.2. The number of aromatic nitrogens is 1. The molecule has 0 aliphatic carbocycles. The van der Waals surface area contributed by atoms with Crippen molar-refractivity contribution in [2.45, 2.75) is 112 Å². The first kappa shape index (κ1) is 29.6. The van der Waals surface area contributed by atoms with Crippen LogP contribution in [-0.4, -0.2) is 57.5 Å². The van der Waals surface area contributed by atoms with Gasteiger partial charge in [-0.1, -0.05) is 34.1 Å². The van der Waals surface area contributed by atoms with E-state index in [1.807, 2.05) is 32.2 Å². The maximum atomic E-state index is 13.2. The van der Waals surface area contributed by atoms with Gasteiger partial charge in [0.1, 0.15) is 11.9 Å². The Kier molecular flexibility index (Phi) is 10.6. The number of ketones is 1. The van der Waals surface area contributed by atoms with Gasteiger partial charge in [-0.3, -0.25) is 9.59 Å². The number of Topliss-reactive ketones (excluding diaryl/α,β-unsaturated/α-hetero) is 1. The topological polar surface area (TPSA) is 109 Å². The van der Waals surface area contributed by atoms with E-state index in [2.05, 4.69) is 11.9 Å². The molecule has 2 rings (SSSR count). The minimum atomic E-state index is -1.22. The monoisotopic (exact) mass is 509 g/mol. The standard InChI is InChI=1S/C27H43NO6S/c1-15(10-9-11-22-19(5)33-22)25(31)17(3)26(32)27(7,8)23(29)13-24(30)34-18(4)16(2)12-21-14-35-20(6)28-21/h12,14-15,17-19,22-23,25,29,31H,9-11,13H2,1-8H3/t15-,17+,18-,19-,22+,23?,25-/m0/s1. The van der Waals surface area contributed by atoms with Gasteiger partial charge in [-0.15, -0.1) is 11.3 Å². The van der Waals surface area contributed by atoms with Gasteiger partial charge in [0.15, 0.2) is 0 Å². The average molecular weight is 510 g/mol. The summed E-state index contributed by atoms with van der Waals surface area (Å²) in [6, 6.07) is 0. The van der Waals surface area contributed by atoms with Gasteiger partial charge in [0, 0.05) is 11.3 Å². The number of rotatable bonds is 14. The van der Waals surface area contributed by atoms with E-state index in [0.29, 0.717) is 12.2 Å². The zero-order chi connectivity index (χ0) is 26.5. The summed E-state index contributed by atoms with van der Waals surface area (Å²) in [7, 11) is 0. The molecule has 0 aromatic carbocycles. The van der Waals surface area contributed by atoms with Gasteiger partial charge >= 0.3 is 5.97 Å². The summed E-state index contributed by atoms with van der Waals surface area (Å²) in [5, 5.41) is 24.4. The molecule has 0 spiro atoms. The Hall–Kier alpha value is -1.61. The Morgan fingerprint density at radius 2 is 1.91 bits per heavy atom. The van der Waals surface area contributed by atoms with Crippen LogP contribution in [-0.2, 0) is 19.1 Å². The molecule has 1 fully saturated rings. The molecule has 35 heavy (non-hydrogen) atoms. The van der Waals surface area contributed by atoms with E-state index >= 15 is 0 Å². The Bertz CT molecular complexity index is 894. The zero-order valence-electron chi connectivity index (χ0n) is 22.4. The third kappa shape index (κ3) is 8.48. The Labute approximate surface area is 213 Å². The molecule has 7 nitrogen and oxygen atoms in total. The van der Waals surface area contributed by atoms with Gasteiger partial charge in [0.05, 0.1) is 47.0 Å². The van der Waals surface area contributed by atoms with Crippen LogP contribution in [0.3, 0.4) is 0 Å². The lowest BCUT2D eigenvalue weighted by molar-refractivity contribution is -0.153. The van der Waals surface area contributed by atoms with Gasteiger partial charge in [-0.05, 0) is 58.1 Å². The van der Waals surface area contributed by atoms with Crippen molar-refractivity contribution in [1.82, 2.24) is 4.98 Å². The first-order valence-electron chi connectivity index (χ1n) is 12.6. The fourth-order valence-electron chi connectivity index (χ4n) is 4.29. The van der Waals surface area contributed by atoms with Crippen LogP contribution in [0.25, 0.3) is 6.08 Å². The number of hydrogen-bond acceptors (Lipinski definition) is 8. The highest BCUT2D eigenvalue weighted by Gasteiger charge is 2.42. The molecule has 1 saturated heterocycles. The van der Waals surface area contributed by atoms with Crippen LogP contribution in [0.15, 0.2) is 11.0 Å². The van der Waals surface area contributed by atoms with E-state index in [9.17, 15) is 19.8 Å². The highest BCUT2D eigenvalue weighted by molar-refractivity contribution is 7.09. The van der Waals surface area contributed by atoms with Gasteiger partial charge in [-0.25, -0.2) is 4.98 Å². The number of aryl methyl sites for hydroxylation is 1. The van der Waals surface area contributed by atoms with Crippen molar-refractivity contribution in [3.63, 3.8) is 0 Å². The first-order valence-corrected chi connectivity index (χ1v) is 13.5. The van der Waals surface area contributed by atoms with Crippen molar-refractivity contribution in [3.8, 4) is 0 Å². The summed E-state index contributed by atoms with van der Waals surface area (Å²) >= 11 is 1.55. The fourth-order valence-corrected chi connectivity index (χ4v) is 4.86. The summed E-state index contributed by atoms with van der Waals surface area (Å²) in [6.45, 7) is 14.5. The number of nitrogens with zero attached hydrogens (tertiary/aromatic N) is 1. The Balaban J connectivity index is 1.86. The summed E-state index contributed by atoms with van der Waals surface area (Å²) in [5.41, 5.74) is 0.446. The molecule has 1 aromatic rings. The van der Waals surface area contributed by atoms with Crippen LogP contribution in [0.4, 0.5) is 0 Å². The van der Waals surface area contributed by atoms with Crippen LogP contribution in [0, 0.1) is 24.2 Å². The predicted octanol–water partition coefficient (Wildman–Crippen LogP) is 4.72. The number of carbonyl (C=O) groups is 2. The second kappa shape index (κ2) is 12.6. The van der Waals surface area contributed by atoms with E-state index < -0.39 is 35.6 Å². The minimum absolute atomic E-state index is 0.0574. The van der Waals surface area contributed by atoms with Crippen LogP contribution in [0.1, 0.15) is 84.9 Å². The molecule has 2 heterocycles. The smallest absolute Gasteiger partial charge is 0.309 e. The lowest BCUT2D eigenvalue weighted by Crippen LogP contribution is -2.45. The molecule has 0 radical (unpaired) electrons. The highest BCUT2D eigenvalue weighted by Crippen LogP contribution is 2.33. The molecule has 0 saturated carbocycles. The molecule has 2 N–H and O–H groups in total. The molecule has 0 amide bonds. The second-order valence-electron chi connectivity index (χ2n) is 10.7. The van der Waals surface area contributed by atoms with E-state index in [0.717, 1.165) is 35.5 Å². The van der Waals surface area contributed by atoms with E-state index in [4.69, 9.17) is 9.47 Å². The molecule has 7 atom stereocenters. The van der Waals surface area contributed by atoms with Crippen molar-refractivity contribution in [2.75, 3.05) is 0 Å². The number of esters is 1. The lowest BCUT2D eigenvalue weighted by Gasteiger charge is -2.34. The first-order chi connectivity index (χ1) is 16.2. The molecule has 1 aliphatic rings. The predicted molar refractivity (Wildman–Crippen MR) is 138 cm³/mol. The van der Waals surface area contributed by atoms with Crippen LogP contribution >= 0.6 is 11.3 Å². The number of aliphatic hydroxyl groups excluding tert-OH is 2. The second-order valence-corrected chi connectivity index (χ2v) is 11.7. The quantitative estimate of drug-likeness (QED) is 0.276. The maximum absolute atomic E-state index is 13.2. The molecule has 1 unspecified atom stereocenters. The summed E-state index contributed by atoms with van der Waals surface area (Å²) < 4.78 is 10.9. The third-order valence-corrected chi connectivity index (χ3v) is 8.08. The van der Waals surface area contributed by atoms with E-state index in [1.165, 1.54) is 0 Å². The number of carbonyl (C=O) groups excluding carboxylic acids is 2. The van der Waals surface area contributed by atoms with Gasteiger partial charge < -0.3 is 19.7 Å². The van der Waals surface area contributed by atoms with Crippen molar-refractivity contribution in [2.24, 2.45) is 17.3 Å². The Morgan fingerprint density at radius 3 is 2.46 bits per heavy atom. The largest absolute Gasteiger partial charge is 0.458 e. The molecular formula is C27H43NO6S.